The van der Waals surface area contributed by atoms with Crippen molar-refractivity contribution in [2.24, 2.45) is 0 Å². The van der Waals surface area contributed by atoms with Crippen molar-refractivity contribution in [2.75, 3.05) is 0 Å². The van der Waals surface area contributed by atoms with Crippen LogP contribution in [0, 0.1) is 12.7 Å². The molecule has 0 bridgehead atoms. The first-order valence-electron chi connectivity index (χ1n) is 5.39. The molecule has 0 aliphatic rings. The highest BCUT2D eigenvalue weighted by atomic mass is 35.5. The highest BCUT2D eigenvalue weighted by Crippen LogP contribution is 2.34. The molecule has 2 rings (SSSR count). The summed E-state index contributed by atoms with van der Waals surface area (Å²) in [5, 5.41) is 0.482. The number of benzene rings is 2. The Hall–Kier alpha value is -1.25. The fourth-order valence-electron chi connectivity index (χ4n) is 1.57. The fourth-order valence-corrected chi connectivity index (χ4v) is 2.01. The highest BCUT2D eigenvalue weighted by Gasteiger charge is 2.09. The van der Waals surface area contributed by atoms with Crippen molar-refractivity contribution in [1.82, 2.24) is 0 Å². The van der Waals surface area contributed by atoms with Crippen LogP contribution in [0.15, 0.2) is 36.4 Å². The van der Waals surface area contributed by atoms with Crippen molar-refractivity contribution in [2.45, 2.75) is 12.8 Å². The number of alkyl halides is 1. The molecule has 0 saturated carbocycles. The minimum Gasteiger partial charge on any atom is -0.455 e. The van der Waals surface area contributed by atoms with Gasteiger partial charge in [-0.15, -0.1) is 11.6 Å². The Labute approximate surface area is 115 Å². The molecular formula is C14H11Cl2FO. The zero-order valence-electron chi connectivity index (χ0n) is 9.71. The van der Waals surface area contributed by atoms with Crippen LogP contribution in [0.4, 0.5) is 4.39 Å². The molecule has 0 amide bonds. The molecular weight excluding hydrogens is 274 g/mol. The van der Waals surface area contributed by atoms with E-state index in [0.717, 1.165) is 5.56 Å². The molecule has 0 spiro atoms. The van der Waals surface area contributed by atoms with Crippen LogP contribution in [0.5, 0.6) is 11.5 Å². The maximum absolute atomic E-state index is 13.2. The second-order valence-corrected chi connectivity index (χ2v) is 4.55. The zero-order valence-corrected chi connectivity index (χ0v) is 11.2. The van der Waals surface area contributed by atoms with Gasteiger partial charge in [-0.25, -0.2) is 4.39 Å². The predicted molar refractivity (Wildman–Crippen MR) is 72.2 cm³/mol. The van der Waals surface area contributed by atoms with Gasteiger partial charge in [-0.3, -0.25) is 0 Å². The van der Waals surface area contributed by atoms with Crippen molar-refractivity contribution in [1.29, 1.82) is 0 Å². The van der Waals surface area contributed by atoms with Crippen LogP contribution >= 0.6 is 23.2 Å². The second-order valence-electron chi connectivity index (χ2n) is 3.87. The molecule has 0 aliphatic heterocycles. The lowest BCUT2D eigenvalue weighted by Crippen LogP contribution is -1.92. The summed E-state index contributed by atoms with van der Waals surface area (Å²) >= 11 is 11.9. The minimum absolute atomic E-state index is 0.265. The molecule has 2 aromatic rings. The molecule has 0 atom stereocenters. The van der Waals surface area contributed by atoms with Crippen LogP contribution in [0.1, 0.15) is 11.1 Å². The van der Waals surface area contributed by atoms with Crippen molar-refractivity contribution in [3.63, 3.8) is 0 Å². The third-order valence-electron chi connectivity index (χ3n) is 2.54. The highest BCUT2D eigenvalue weighted by molar-refractivity contribution is 6.32. The molecule has 0 radical (unpaired) electrons. The number of aryl methyl sites for hydroxylation is 1. The van der Waals surface area contributed by atoms with Gasteiger partial charge in [0.25, 0.3) is 0 Å². The molecule has 0 aromatic heterocycles. The van der Waals surface area contributed by atoms with E-state index in [0.29, 0.717) is 28.0 Å². The van der Waals surface area contributed by atoms with Gasteiger partial charge >= 0.3 is 0 Å². The molecule has 18 heavy (non-hydrogen) atoms. The summed E-state index contributed by atoms with van der Waals surface area (Å²) in [4.78, 5) is 0. The molecule has 2 aromatic carbocycles. The zero-order chi connectivity index (χ0) is 13.1. The topological polar surface area (TPSA) is 9.23 Å². The van der Waals surface area contributed by atoms with Gasteiger partial charge < -0.3 is 4.74 Å². The molecule has 0 fully saturated rings. The van der Waals surface area contributed by atoms with Crippen LogP contribution in [0.25, 0.3) is 0 Å². The van der Waals surface area contributed by atoms with Crippen molar-refractivity contribution >= 4 is 23.2 Å². The van der Waals surface area contributed by atoms with Gasteiger partial charge in [-0.2, -0.15) is 0 Å². The molecule has 0 aliphatic carbocycles. The lowest BCUT2D eigenvalue weighted by molar-refractivity contribution is 0.476. The molecule has 0 saturated heterocycles. The Morgan fingerprint density at radius 3 is 2.67 bits per heavy atom. The maximum atomic E-state index is 13.2. The van der Waals surface area contributed by atoms with E-state index in [2.05, 4.69) is 0 Å². The van der Waals surface area contributed by atoms with Gasteiger partial charge in [0, 0.05) is 5.56 Å². The SMILES string of the molecule is Cc1cc(Oc2c(Cl)cccc2CCl)ccc1F. The monoisotopic (exact) mass is 284 g/mol. The lowest BCUT2D eigenvalue weighted by atomic mass is 10.2. The van der Waals surface area contributed by atoms with Crippen molar-refractivity contribution in [3.05, 3.63) is 58.4 Å². The van der Waals surface area contributed by atoms with Crippen LogP contribution < -0.4 is 4.74 Å². The summed E-state index contributed by atoms with van der Waals surface area (Å²) in [5.41, 5.74) is 1.32. The number of rotatable bonds is 3. The van der Waals surface area contributed by atoms with Crippen molar-refractivity contribution in [3.8, 4) is 11.5 Å². The van der Waals surface area contributed by atoms with E-state index >= 15 is 0 Å². The Morgan fingerprint density at radius 2 is 2.00 bits per heavy atom. The van der Waals surface area contributed by atoms with Crippen LogP contribution in [0.3, 0.4) is 0 Å². The van der Waals surface area contributed by atoms with Crippen LogP contribution in [0.2, 0.25) is 5.02 Å². The Balaban J connectivity index is 2.36. The fraction of sp³-hybridized carbons (Fsp3) is 0.143. The summed E-state index contributed by atoms with van der Waals surface area (Å²) in [6, 6.07) is 9.92. The number of hydrogen-bond donors (Lipinski definition) is 0. The van der Waals surface area contributed by atoms with E-state index in [1.807, 2.05) is 12.1 Å². The lowest BCUT2D eigenvalue weighted by Gasteiger charge is -2.11. The number of hydrogen-bond acceptors (Lipinski definition) is 1. The van der Waals surface area contributed by atoms with Gasteiger partial charge in [-0.05, 0) is 36.8 Å². The summed E-state index contributed by atoms with van der Waals surface area (Å²) in [6.07, 6.45) is 0. The first-order valence-corrected chi connectivity index (χ1v) is 6.30. The van der Waals surface area contributed by atoms with Crippen LogP contribution in [-0.2, 0) is 5.88 Å². The largest absolute Gasteiger partial charge is 0.455 e. The van der Waals surface area contributed by atoms with Gasteiger partial charge in [0.05, 0.1) is 10.9 Å². The maximum Gasteiger partial charge on any atom is 0.150 e. The van der Waals surface area contributed by atoms with E-state index in [1.165, 1.54) is 6.07 Å². The number of ether oxygens (including phenoxy) is 1. The normalized spacial score (nSPS) is 10.4. The Kier molecular flexibility index (Phi) is 4.10. The molecule has 1 nitrogen and oxygen atoms in total. The smallest absolute Gasteiger partial charge is 0.150 e. The molecule has 94 valence electrons. The van der Waals surface area contributed by atoms with Crippen LogP contribution in [-0.4, -0.2) is 0 Å². The average molecular weight is 285 g/mol. The first kappa shape index (κ1) is 13.2. The Morgan fingerprint density at radius 1 is 1.22 bits per heavy atom. The van der Waals surface area contributed by atoms with E-state index in [1.54, 1.807) is 25.1 Å². The van der Waals surface area contributed by atoms with Gasteiger partial charge in [0.15, 0.2) is 0 Å². The van der Waals surface area contributed by atoms with Gasteiger partial charge in [0.1, 0.15) is 17.3 Å². The molecule has 0 unspecified atom stereocenters. The van der Waals surface area contributed by atoms with Gasteiger partial charge in [0.2, 0.25) is 0 Å². The third-order valence-corrected chi connectivity index (χ3v) is 3.13. The summed E-state index contributed by atoms with van der Waals surface area (Å²) in [5.74, 6) is 1.09. The second kappa shape index (κ2) is 5.59. The standard InChI is InChI=1S/C14H11Cl2FO/c1-9-7-11(5-6-13(9)17)18-14-10(8-15)3-2-4-12(14)16/h2-7H,8H2,1H3. The minimum atomic E-state index is -0.265. The quantitative estimate of drug-likeness (QED) is 0.693. The Bertz CT molecular complexity index is 570. The van der Waals surface area contributed by atoms with E-state index < -0.39 is 0 Å². The number of halogens is 3. The third kappa shape index (κ3) is 2.77. The van der Waals surface area contributed by atoms with E-state index in [4.69, 9.17) is 27.9 Å². The molecule has 0 heterocycles. The predicted octanol–water partition coefficient (Wildman–Crippen LogP) is 5.32. The van der Waals surface area contributed by atoms with Gasteiger partial charge in [-0.1, -0.05) is 23.7 Å². The van der Waals surface area contributed by atoms with E-state index in [9.17, 15) is 4.39 Å². The first-order chi connectivity index (χ1) is 8.61. The molecule has 0 N–H and O–H groups in total. The summed E-state index contributed by atoms with van der Waals surface area (Å²) in [6.45, 7) is 1.68. The average Bonchev–Trinajstić information content (AvgIpc) is 2.36. The van der Waals surface area contributed by atoms with E-state index in [-0.39, 0.29) is 5.82 Å². The molecule has 4 heteroatoms. The number of para-hydroxylation sites is 1. The summed E-state index contributed by atoms with van der Waals surface area (Å²) in [7, 11) is 0. The van der Waals surface area contributed by atoms with Crippen molar-refractivity contribution < 1.29 is 9.13 Å². The summed E-state index contributed by atoms with van der Waals surface area (Å²) < 4.78 is 18.8.